The van der Waals surface area contributed by atoms with Crippen LogP contribution < -0.4 is 25.1 Å². The number of hydrogen-bond acceptors (Lipinski definition) is 7. The molecule has 0 saturated carbocycles. The van der Waals surface area contributed by atoms with E-state index in [1.165, 1.54) is 14.2 Å². The van der Waals surface area contributed by atoms with E-state index in [1.54, 1.807) is 42.5 Å². The van der Waals surface area contributed by atoms with Crippen LogP contribution in [-0.4, -0.2) is 55.2 Å². The lowest BCUT2D eigenvalue weighted by Gasteiger charge is -2.08. The van der Waals surface area contributed by atoms with Gasteiger partial charge in [0.15, 0.2) is 0 Å². The highest BCUT2D eigenvalue weighted by atomic mass is 16.5. The van der Waals surface area contributed by atoms with Gasteiger partial charge >= 0.3 is 14.2 Å². The lowest BCUT2D eigenvalue weighted by Crippen LogP contribution is -2.31. The first-order valence-corrected chi connectivity index (χ1v) is 7.60. The Labute approximate surface area is 147 Å². The maximum absolute atomic E-state index is 8.93. The molecule has 0 radical (unpaired) electrons. The molecular formula is C16H22B2O7. The smallest absolute Gasteiger partial charge is 0.492 e. The third kappa shape index (κ3) is 6.32. The lowest BCUT2D eigenvalue weighted by molar-refractivity contribution is 0.340. The van der Waals surface area contributed by atoms with Crippen molar-refractivity contribution in [1.82, 2.24) is 0 Å². The topological polar surface area (TPSA) is 109 Å². The first-order chi connectivity index (χ1) is 11.9. The van der Waals surface area contributed by atoms with Crippen LogP contribution in [0.3, 0.4) is 0 Å². The van der Waals surface area contributed by atoms with Crippen LogP contribution in [0, 0.1) is 0 Å². The molecule has 0 spiro atoms. The van der Waals surface area contributed by atoms with Crippen molar-refractivity contribution in [3.05, 3.63) is 42.5 Å². The minimum Gasteiger partial charge on any atom is -0.497 e. The standard InChI is InChI=1S/C8H11BO4.C8H11BO3/c1-12-6-3-4-7(9(10)11)8(5-6)13-2;1-2-12-8-6-4-3-5-7(8)9(10)11/h3-5,10-11H,1-2H3;3-6,10-11H,2H2,1H3. The molecule has 2 aromatic carbocycles. The normalized spacial score (nSPS) is 9.56. The Hall–Kier alpha value is -2.19. The number of benzene rings is 2. The molecule has 0 saturated heterocycles. The molecule has 7 nitrogen and oxygen atoms in total. The van der Waals surface area contributed by atoms with Crippen LogP contribution in [0.4, 0.5) is 0 Å². The molecule has 0 aliphatic carbocycles. The van der Waals surface area contributed by atoms with Crippen molar-refractivity contribution < 1.29 is 34.3 Å². The maximum Gasteiger partial charge on any atom is 0.492 e. The summed E-state index contributed by atoms with van der Waals surface area (Å²) in [4.78, 5) is 0. The van der Waals surface area contributed by atoms with Gasteiger partial charge in [-0.1, -0.05) is 24.3 Å². The van der Waals surface area contributed by atoms with E-state index in [0.29, 0.717) is 34.8 Å². The predicted octanol–water partition coefficient (Wildman–Crippen LogP) is -0.851. The molecule has 0 unspecified atom stereocenters. The third-order valence-electron chi connectivity index (χ3n) is 3.22. The second-order valence-electron chi connectivity index (χ2n) is 4.83. The second-order valence-corrected chi connectivity index (χ2v) is 4.83. The summed E-state index contributed by atoms with van der Waals surface area (Å²) in [6.45, 7) is 2.37. The van der Waals surface area contributed by atoms with Crippen molar-refractivity contribution in [3.63, 3.8) is 0 Å². The van der Waals surface area contributed by atoms with Crippen molar-refractivity contribution >= 4 is 25.2 Å². The Bertz CT molecular complexity index is 650. The molecule has 0 bridgehead atoms. The fourth-order valence-electron chi connectivity index (χ4n) is 2.01. The van der Waals surface area contributed by atoms with Crippen molar-refractivity contribution in [3.8, 4) is 17.2 Å². The fraction of sp³-hybridized carbons (Fsp3) is 0.250. The van der Waals surface area contributed by atoms with Gasteiger partial charge in [-0.2, -0.15) is 0 Å². The van der Waals surface area contributed by atoms with Gasteiger partial charge < -0.3 is 34.3 Å². The van der Waals surface area contributed by atoms with Crippen LogP contribution in [-0.2, 0) is 0 Å². The van der Waals surface area contributed by atoms with Crippen LogP contribution in [0.15, 0.2) is 42.5 Å². The van der Waals surface area contributed by atoms with Gasteiger partial charge in [0.05, 0.1) is 20.8 Å². The summed E-state index contributed by atoms with van der Waals surface area (Å²) in [5, 5.41) is 35.7. The van der Waals surface area contributed by atoms with Gasteiger partial charge in [0, 0.05) is 17.0 Å². The molecular weight excluding hydrogens is 326 g/mol. The average Bonchev–Trinajstić information content (AvgIpc) is 2.62. The van der Waals surface area contributed by atoms with Crippen LogP contribution in [0.5, 0.6) is 17.2 Å². The van der Waals surface area contributed by atoms with E-state index in [0.717, 1.165) is 0 Å². The number of methoxy groups -OCH3 is 2. The summed E-state index contributed by atoms with van der Waals surface area (Å²) in [5.74, 6) is 1.53. The van der Waals surface area contributed by atoms with Gasteiger partial charge in [-0.15, -0.1) is 0 Å². The van der Waals surface area contributed by atoms with Crippen LogP contribution >= 0.6 is 0 Å². The summed E-state index contributed by atoms with van der Waals surface area (Å²) in [5.41, 5.74) is 0.725. The Morgan fingerprint density at radius 1 is 0.800 bits per heavy atom. The predicted molar refractivity (Wildman–Crippen MR) is 96.8 cm³/mol. The van der Waals surface area contributed by atoms with Gasteiger partial charge in [-0.05, 0) is 19.1 Å². The molecule has 0 atom stereocenters. The van der Waals surface area contributed by atoms with E-state index in [-0.39, 0.29) is 0 Å². The van der Waals surface area contributed by atoms with Gasteiger partial charge in [-0.25, -0.2) is 0 Å². The molecule has 2 aromatic rings. The van der Waals surface area contributed by atoms with Gasteiger partial charge in [-0.3, -0.25) is 0 Å². The number of ether oxygens (including phenoxy) is 3. The molecule has 0 aliphatic heterocycles. The monoisotopic (exact) mass is 348 g/mol. The Kier molecular flexibility index (Phi) is 8.87. The summed E-state index contributed by atoms with van der Waals surface area (Å²) in [7, 11) is -0.00148. The zero-order valence-corrected chi connectivity index (χ0v) is 14.4. The summed E-state index contributed by atoms with van der Waals surface area (Å²) in [6.07, 6.45) is 0. The number of hydrogen-bond donors (Lipinski definition) is 4. The van der Waals surface area contributed by atoms with Crippen molar-refractivity contribution in [2.45, 2.75) is 6.92 Å². The highest BCUT2D eigenvalue weighted by Crippen LogP contribution is 2.16. The molecule has 25 heavy (non-hydrogen) atoms. The molecule has 0 aliphatic rings. The Balaban J connectivity index is 0.000000251. The first kappa shape index (κ1) is 20.9. The average molecular weight is 348 g/mol. The number of para-hydroxylation sites is 1. The van der Waals surface area contributed by atoms with Gasteiger partial charge in [0.25, 0.3) is 0 Å². The van der Waals surface area contributed by atoms with E-state index in [9.17, 15) is 0 Å². The van der Waals surface area contributed by atoms with E-state index in [4.69, 9.17) is 34.3 Å². The van der Waals surface area contributed by atoms with E-state index in [1.807, 2.05) is 6.92 Å². The lowest BCUT2D eigenvalue weighted by atomic mass is 9.79. The van der Waals surface area contributed by atoms with Crippen LogP contribution in [0.1, 0.15) is 6.92 Å². The highest BCUT2D eigenvalue weighted by Gasteiger charge is 2.17. The minimum absolute atomic E-state index is 0.323. The van der Waals surface area contributed by atoms with Crippen molar-refractivity contribution in [1.29, 1.82) is 0 Å². The van der Waals surface area contributed by atoms with Gasteiger partial charge in [0.1, 0.15) is 17.2 Å². The first-order valence-electron chi connectivity index (χ1n) is 7.60. The third-order valence-corrected chi connectivity index (χ3v) is 3.22. The maximum atomic E-state index is 8.93. The number of rotatable bonds is 6. The van der Waals surface area contributed by atoms with Gasteiger partial charge in [0.2, 0.25) is 0 Å². The second kappa shape index (κ2) is 10.6. The largest absolute Gasteiger partial charge is 0.497 e. The van der Waals surface area contributed by atoms with Crippen molar-refractivity contribution in [2.24, 2.45) is 0 Å². The Morgan fingerprint density at radius 2 is 1.40 bits per heavy atom. The molecule has 134 valence electrons. The zero-order chi connectivity index (χ0) is 18.8. The Morgan fingerprint density at radius 3 is 1.92 bits per heavy atom. The summed E-state index contributed by atoms with van der Waals surface area (Å²) in [6, 6.07) is 11.6. The quantitative estimate of drug-likeness (QED) is 0.504. The zero-order valence-electron chi connectivity index (χ0n) is 14.4. The summed E-state index contributed by atoms with van der Waals surface area (Å²) >= 11 is 0. The van der Waals surface area contributed by atoms with Crippen LogP contribution in [0.2, 0.25) is 0 Å². The molecule has 0 heterocycles. The molecule has 9 heteroatoms. The SMILES string of the molecule is CCOc1ccccc1B(O)O.COc1ccc(B(O)O)c(OC)c1. The highest BCUT2D eigenvalue weighted by molar-refractivity contribution is 6.60. The molecule has 0 aromatic heterocycles. The fourth-order valence-corrected chi connectivity index (χ4v) is 2.01. The van der Waals surface area contributed by atoms with E-state index < -0.39 is 14.2 Å². The van der Waals surface area contributed by atoms with E-state index >= 15 is 0 Å². The molecule has 4 N–H and O–H groups in total. The molecule has 0 amide bonds. The minimum atomic E-state index is -1.53. The summed E-state index contributed by atoms with van der Waals surface area (Å²) < 4.78 is 15.1. The van der Waals surface area contributed by atoms with Crippen molar-refractivity contribution in [2.75, 3.05) is 20.8 Å². The molecule has 0 fully saturated rings. The van der Waals surface area contributed by atoms with E-state index in [2.05, 4.69) is 0 Å². The molecule has 2 rings (SSSR count). The van der Waals surface area contributed by atoms with Crippen LogP contribution in [0.25, 0.3) is 0 Å².